The Hall–Kier alpha value is -3.70. The van der Waals surface area contributed by atoms with Crippen LogP contribution in [0.2, 0.25) is 5.02 Å². The van der Waals surface area contributed by atoms with Crippen molar-refractivity contribution in [1.29, 1.82) is 0 Å². The number of hydroxylamine groups is 2. The zero-order chi connectivity index (χ0) is 24.2. The van der Waals surface area contributed by atoms with Crippen molar-refractivity contribution < 1.29 is 32.7 Å². The van der Waals surface area contributed by atoms with Gasteiger partial charge in [-0.1, -0.05) is 11.6 Å². The zero-order valence-electron chi connectivity index (χ0n) is 17.0. The molecule has 0 atom stereocenters. The normalized spacial score (nSPS) is 13.6. The molecule has 174 valence electrons. The van der Waals surface area contributed by atoms with E-state index in [1.807, 2.05) is 0 Å². The third kappa shape index (κ3) is 6.18. The Morgan fingerprint density at radius 3 is 2.36 bits per heavy atom. The van der Waals surface area contributed by atoms with Crippen LogP contribution in [0.25, 0.3) is 0 Å². The van der Waals surface area contributed by atoms with E-state index in [9.17, 15) is 28.0 Å². The van der Waals surface area contributed by atoms with Gasteiger partial charge in [-0.2, -0.15) is 13.2 Å². The number of hydrogen-bond donors (Lipinski definition) is 4. The molecule has 2 aromatic carbocycles. The number of benzene rings is 2. The van der Waals surface area contributed by atoms with Gasteiger partial charge in [-0.3, -0.25) is 10.0 Å². The molecule has 3 amide bonds. The molecule has 8 nitrogen and oxygen atoms in total. The fourth-order valence-corrected chi connectivity index (χ4v) is 3.01. The van der Waals surface area contributed by atoms with Crippen molar-refractivity contribution in [3.8, 4) is 5.75 Å². The Bertz CT molecular complexity index is 1120. The largest absolute Gasteiger partial charge is 0.458 e. The van der Waals surface area contributed by atoms with E-state index in [4.69, 9.17) is 16.3 Å². The van der Waals surface area contributed by atoms with Crippen LogP contribution < -0.4 is 20.7 Å². The van der Waals surface area contributed by atoms with Crippen LogP contribution in [0.4, 0.5) is 29.3 Å². The minimum Gasteiger partial charge on any atom is -0.458 e. The molecule has 2 aromatic rings. The third-order valence-corrected chi connectivity index (χ3v) is 4.69. The van der Waals surface area contributed by atoms with E-state index in [0.29, 0.717) is 17.2 Å². The molecule has 0 saturated carbocycles. The first-order chi connectivity index (χ1) is 15.6. The second kappa shape index (κ2) is 9.84. The van der Waals surface area contributed by atoms with Crippen LogP contribution in [0.1, 0.15) is 5.56 Å². The van der Waals surface area contributed by atoms with Gasteiger partial charge in [0.05, 0.1) is 17.1 Å². The highest BCUT2D eigenvalue weighted by molar-refractivity contribution is 6.31. The van der Waals surface area contributed by atoms with Crippen LogP contribution in [0.3, 0.4) is 0 Å². The Balaban J connectivity index is 1.62. The molecule has 0 radical (unpaired) electrons. The third-order valence-electron chi connectivity index (χ3n) is 4.36. The van der Waals surface area contributed by atoms with Crippen molar-refractivity contribution in [2.24, 2.45) is 0 Å². The first-order valence-electron chi connectivity index (χ1n) is 9.40. The van der Waals surface area contributed by atoms with Gasteiger partial charge in [0.1, 0.15) is 17.2 Å². The number of nitrogens with one attached hydrogen (secondary N) is 3. The zero-order valence-corrected chi connectivity index (χ0v) is 17.8. The fourth-order valence-electron chi connectivity index (χ4n) is 2.78. The maximum absolute atomic E-state index is 13.0. The van der Waals surface area contributed by atoms with Gasteiger partial charge < -0.3 is 20.7 Å². The second-order valence-corrected chi connectivity index (χ2v) is 7.10. The average Bonchev–Trinajstić information content (AvgIpc) is 2.76. The van der Waals surface area contributed by atoms with Crippen molar-refractivity contribution in [3.63, 3.8) is 0 Å². The Morgan fingerprint density at radius 1 is 1.09 bits per heavy atom. The van der Waals surface area contributed by atoms with Gasteiger partial charge in [0.15, 0.2) is 0 Å². The molecule has 0 fully saturated rings. The second-order valence-electron chi connectivity index (χ2n) is 6.70. The standard InChI is InChI=1S/C21H18ClF3N4O4/c1-26-19(30)18-11-15(8-9-29(18)32)33-14-5-2-12(3-6-14)27-20(31)28-13-4-7-17(22)16(10-13)21(23,24)25/h2-8,10-11,32H,9H2,1H3,(H,26,30)(H2,27,28,31). The summed E-state index contributed by atoms with van der Waals surface area (Å²) in [4.78, 5) is 23.9. The van der Waals surface area contributed by atoms with Gasteiger partial charge in [-0.05, 0) is 48.5 Å². The molecule has 0 aliphatic carbocycles. The summed E-state index contributed by atoms with van der Waals surface area (Å²) >= 11 is 5.57. The minimum atomic E-state index is -4.65. The number of carbonyl (C=O) groups is 2. The average molecular weight is 483 g/mol. The Labute approximate surface area is 191 Å². The van der Waals surface area contributed by atoms with Crippen LogP contribution in [-0.2, 0) is 11.0 Å². The lowest BCUT2D eigenvalue weighted by Gasteiger charge is -2.22. The molecule has 4 N–H and O–H groups in total. The topological polar surface area (TPSA) is 103 Å². The van der Waals surface area contributed by atoms with E-state index >= 15 is 0 Å². The summed E-state index contributed by atoms with van der Waals surface area (Å²) in [5.74, 6) is 0.236. The maximum atomic E-state index is 13.0. The lowest BCUT2D eigenvalue weighted by Crippen LogP contribution is -2.33. The van der Waals surface area contributed by atoms with Gasteiger partial charge in [-0.15, -0.1) is 0 Å². The number of allylic oxidation sites excluding steroid dienone is 1. The molecule has 0 aromatic heterocycles. The van der Waals surface area contributed by atoms with E-state index in [0.717, 1.165) is 17.2 Å². The van der Waals surface area contributed by atoms with Crippen LogP contribution in [0.15, 0.2) is 66.1 Å². The molecule has 12 heteroatoms. The number of hydrogen-bond acceptors (Lipinski definition) is 5. The summed E-state index contributed by atoms with van der Waals surface area (Å²) in [5, 5.41) is 17.3. The molecule has 0 saturated heterocycles. The number of alkyl halides is 3. The highest BCUT2D eigenvalue weighted by Crippen LogP contribution is 2.36. The number of carbonyl (C=O) groups excluding carboxylic acids is 2. The number of rotatable bonds is 5. The van der Waals surface area contributed by atoms with Crippen molar-refractivity contribution in [2.75, 3.05) is 24.2 Å². The summed E-state index contributed by atoms with van der Waals surface area (Å²) in [6.45, 7) is 0.0507. The molecule has 1 aliphatic heterocycles. The number of ether oxygens (including phenoxy) is 1. The smallest absolute Gasteiger partial charge is 0.417 e. The lowest BCUT2D eigenvalue weighted by molar-refractivity contribution is -0.137. The summed E-state index contributed by atoms with van der Waals surface area (Å²) in [5.41, 5.74) is -0.769. The lowest BCUT2D eigenvalue weighted by atomic mass is 10.2. The van der Waals surface area contributed by atoms with Crippen LogP contribution in [-0.4, -0.2) is 35.8 Å². The van der Waals surface area contributed by atoms with Crippen LogP contribution >= 0.6 is 11.6 Å². The Morgan fingerprint density at radius 2 is 1.73 bits per heavy atom. The van der Waals surface area contributed by atoms with Gasteiger partial charge >= 0.3 is 12.2 Å². The molecular formula is C21H18ClF3N4O4. The Kier molecular flexibility index (Phi) is 7.14. The van der Waals surface area contributed by atoms with E-state index in [1.165, 1.54) is 31.3 Å². The quantitative estimate of drug-likeness (QED) is 0.499. The highest BCUT2D eigenvalue weighted by Gasteiger charge is 2.33. The number of likely N-dealkylation sites (N-methyl/N-ethyl adjacent to an activating group) is 1. The molecule has 1 heterocycles. The monoisotopic (exact) mass is 482 g/mol. The van der Waals surface area contributed by atoms with Crippen molar-refractivity contribution in [2.45, 2.75) is 6.18 Å². The summed E-state index contributed by atoms with van der Waals surface area (Å²) in [6.07, 6.45) is -1.72. The molecule has 3 rings (SSSR count). The van der Waals surface area contributed by atoms with E-state index < -0.39 is 28.7 Å². The fraction of sp³-hybridized carbons (Fsp3) is 0.143. The SMILES string of the molecule is CNC(=O)C1=CC(Oc2ccc(NC(=O)Nc3ccc(Cl)c(C(F)(F)F)c3)cc2)=CCN1O. The summed E-state index contributed by atoms with van der Waals surface area (Å²) in [6, 6.07) is 8.40. The van der Waals surface area contributed by atoms with E-state index in [-0.39, 0.29) is 17.9 Å². The number of halogens is 4. The molecular weight excluding hydrogens is 465 g/mol. The van der Waals surface area contributed by atoms with Gasteiger partial charge in [0.2, 0.25) is 0 Å². The number of amides is 3. The van der Waals surface area contributed by atoms with Gasteiger partial charge in [0, 0.05) is 24.5 Å². The number of anilines is 2. The van der Waals surface area contributed by atoms with Crippen molar-refractivity contribution >= 4 is 34.9 Å². The van der Waals surface area contributed by atoms with Gasteiger partial charge in [-0.25, -0.2) is 9.86 Å². The maximum Gasteiger partial charge on any atom is 0.417 e. The first-order valence-corrected chi connectivity index (χ1v) is 9.77. The molecule has 0 bridgehead atoms. The van der Waals surface area contributed by atoms with Gasteiger partial charge in [0.25, 0.3) is 5.91 Å². The highest BCUT2D eigenvalue weighted by atomic mass is 35.5. The molecule has 1 aliphatic rings. The summed E-state index contributed by atoms with van der Waals surface area (Å²) < 4.78 is 44.5. The van der Waals surface area contributed by atoms with Crippen molar-refractivity contribution in [1.82, 2.24) is 10.4 Å². The number of urea groups is 1. The molecule has 0 spiro atoms. The van der Waals surface area contributed by atoms with Crippen LogP contribution in [0, 0.1) is 0 Å². The minimum absolute atomic E-state index is 0.0147. The predicted octanol–water partition coefficient (Wildman–Crippen LogP) is 4.60. The summed E-state index contributed by atoms with van der Waals surface area (Å²) in [7, 11) is 1.43. The van der Waals surface area contributed by atoms with E-state index in [2.05, 4.69) is 16.0 Å². The first kappa shape index (κ1) is 24.0. The van der Waals surface area contributed by atoms with E-state index in [1.54, 1.807) is 18.2 Å². The molecule has 0 unspecified atom stereocenters. The molecule has 33 heavy (non-hydrogen) atoms. The predicted molar refractivity (Wildman–Crippen MR) is 115 cm³/mol. The number of nitrogens with zero attached hydrogens (tertiary/aromatic N) is 1. The van der Waals surface area contributed by atoms with Crippen molar-refractivity contribution in [3.05, 3.63) is 76.7 Å². The van der Waals surface area contributed by atoms with Crippen LogP contribution in [0.5, 0.6) is 5.75 Å².